The van der Waals surface area contributed by atoms with Gasteiger partial charge in [-0.25, -0.2) is 0 Å². The van der Waals surface area contributed by atoms with Crippen LogP contribution in [0.1, 0.15) is 284 Å². The number of hydrogen-bond donors (Lipinski definition) is 0. The van der Waals surface area contributed by atoms with E-state index < -0.39 is 6.10 Å². The second-order valence-corrected chi connectivity index (χ2v) is 18.8. The summed E-state index contributed by atoms with van der Waals surface area (Å²) in [6.45, 7) is 6.52. The molecule has 0 aliphatic heterocycles. The van der Waals surface area contributed by atoms with Crippen LogP contribution >= 0.6 is 0 Å². The van der Waals surface area contributed by atoms with Crippen LogP contribution in [0.4, 0.5) is 0 Å². The van der Waals surface area contributed by atoms with Gasteiger partial charge < -0.3 is 14.2 Å². The molecule has 0 rings (SSSR count). The molecule has 0 aliphatic rings. The summed E-state index contributed by atoms with van der Waals surface area (Å²) in [6, 6.07) is 0. The maximum atomic E-state index is 12.8. The molecular formula is C60H106O6. The average Bonchev–Trinajstić information content (AvgIpc) is 3.31. The minimum atomic E-state index is -0.783. The van der Waals surface area contributed by atoms with Crippen molar-refractivity contribution in [3.63, 3.8) is 0 Å². The third kappa shape index (κ3) is 52.1. The quantitative estimate of drug-likeness (QED) is 0.0262. The zero-order valence-corrected chi connectivity index (χ0v) is 43.7. The van der Waals surface area contributed by atoms with Gasteiger partial charge in [-0.15, -0.1) is 0 Å². The van der Waals surface area contributed by atoms with E-state index in [1.165, 1.54) is 148 Å². The van der Waals surface area contributed by atoms with Crippen LogP contribution in [0, 0.1) is 0 Å². The highest BCUT2D eigenvalue weighted by Crippen LogP contribution is 2.16. The molecule has 0 fully saturated rings. The summed E-state index contributed by atoms with van der Waals surface area (Å²) in [6.07, 6.45) is 67.8. The van der Waals surface area contributed by atoms with Gasteiger partial charge in [0.25, 0.3) is 0 Å². The fourth-order valence-electron chi connectivity index (χ4n) is 8.02. The van der Waals surface area contributed by atoms with Gasteiger partial charge in [0.1, 0.15) is 13.2 Å². The topological polar surface area (TPSA) is 78.9 Å². The summed E-state index contributed by atoms with van der Waals surface area (Å²) in [5, 5.41) is 0. The summed E-state index contributed by atoms with van der Waals surface area (Å²) in [5.74, 6) is -0.897. The van der Waals surface area contributed by atoms with Crippen LogP contribution in [-0.4, -0.2) is 37.2 Å². The fraction of sp³-hybridized carbons (Fsp3) is 0.783. The number of carbonyl (C=O) groups excluding carboxylic acids is 3. The predicted octanol–water partition coefficient (Wildman–Crippen LogP) is 18.8. The van der Waals surface area contributed by atoms with Crippen molar-refractivity contribution in [2.45, 2.75) is 290 Å². The first-order valence-corrected chi connectivity index (χ1v) is 28.3. The van der Waals surface area contributed by atoms with Crippen LogP contribution in [0.25, 0.3) is 0 Å². The van der Waals surface area contributed by atoms with Crippen LogP contribution in [0.3, 0.4) is 0 Å². The Balaban J connectivity index is 4.38. The second kappa shape index (κ2) is 54.7. The van der Waals surface area contributed by atoms with Crippen LogP contribution in [0.15, 0.2) is 60.8 Å². The number of carbonyl (C=O) groups is 3. The molecule has 0 saturated carbocycles. The van der Waals surface area contributed by atoms with Gasteiger partial charge in [-0.05, 0) is 83.5 Å². The zero-order valence-electron chi connectivity index (χ0n) is 43.7. The number of ether oxygens (including phenoxy) is 3. The number of hydrogen-bond acceptors (Lipinski definition) is 6. The predicted molar refractivity (Wildman–Crippen MR) is 284 cm³/mol. The lowest BCUT2D eigenvalue weighted by Crippen LogP contribution is -2.30. The molecular weight excluding hydrogens is 817 g/mol. The Labute approximate surface area is 409 Å². The van der Waals surface area contributed by atoms with Crippen LogP contribution in [0.5, 0.6) is 0 Å². The number of allylic oxidation sites excluding steroid dienone is 10. The minimum Gasteiger partial charge on any atom is -0.462 e. The highest BCUT2D eigenvalue weighted by Gasteiger charge is 2.19. The number of unbranched alkanes of at least 4 members (excludes halogenated alkanes) is 30. The standard InChI is InChI=1S/C60H106O6/c1-4-7-10-13-16-19-22-25-27-29-30-32-34-36-39-42-45-48-51-54-60(63)66-57(55-64-58(61)52-49-46-43-40-37-24-21-18-15-12-9-6-3)56-65-59(62)53-50-47-44-41-38-35-33-31-28-26-23-20-17-14-11-8-5-2/h8,11,17,20,25-28,33,35,57H,4-7,9-10,12-16,18-19,21-24,29-32,34,36-56H2,1-3H3/b11-8-,20-17-,27-25-,28-26-,35-33-/t57-/m0/s1. The van der Waals surface area contributed by atoms with Gasteiger partial charge in [0.15, 0.2) is 6.10 Å². The molecule has 0 aliphatic carbocycles. The number of esters is 3. The molecule has 6 heteroatoms. The highest BCUT2D eigenvalue weighted by atomic mass is 16.6. The molecule has 0 saturated heterocycles. The average molecular weight is 924 g/mol. The monoisotopic (exact) mass is 923 g/mol. The second-order valence-electron chi connectivity index (χ2n) is 18.8. The van der Waals surface area contributed by atoms with E-state index in [9.17, 15) is 14.4 Å². The molecule has 0 N–H and O–H groups in total. The molecule has 6 nitrogen and oxygen atoms in total. The molecule has 382 valence electrons. The molecule has 0 spiro atoms. The smallest absolute Gasteiger partial charge is 0.306 e. The van der Waals surface area contributed by atoms with Crippen molar-refractivity contribution < 1.29 is 28.6 Å². The Morgan fingerprint density at radius 2 is 0.591 bits per heavy atom. The van der Waals surface area contributed by atoms with Crippen molar-refractivity contribution in [3.8, 4) is 0 Å². The van der Waals surface area contributed by atoms with Crippen molar-refractivity contribution in [3.05, 3.63) is 60.8 Å². The van der Waals surface area contributed by atoms with E-state index in [1.54, 1.807) is 0 Å². The van der Waals surface area contributed by atoms with Crippen LogP contribution in [0.2, 0.25) is 0 Å². The third-order valence-corrected chi connectivity index (χ3v) is 12.3. The maximum absolute atomic E-state index is 12.8. The maximum Gasteiger partial charge on any atom is 0.306 e. The first-order valence-electron chi connectivity index (χ1n) is 28.3. The Morgan fingerprint density at radius 3 is 0.939 bits per heavy atom. The van der Waals surface area contributed by atoms with Gasteiger partial charge in [-0.3, -0.25) is 14.4 Å². The first kappa shape index (κ1) is 63.1. The molecule has 0 bridgehead atoms. The Hall–Kier alpha value is -2.89. The SMILES string of the molecule is CC/C=C\C/C=C\C/C=C\C/C=C\CCCCCCC(=O)OC[C@H](COC(=O)CCCCCCCCCCCCCC)OC(=O)CCCCCCCCCCC/C=C\CCCCCCCC. The molecule has 66 heavy (non-hydrogen) atoms. The summed E-state index contributed by atoms with van der Waals surface area (Å²) in [7, 11) is 0. The van der Waals surface area contributed by atoms with E-state index in [-0.39, 0.29) is 31.1 Å². The molecule has 0 radical (unpaired) electrons. The fourth-order valence-corrected chi connectivity index (χ4v) is 8.02. The normalized spacial score (nSPS) is 12.5. The van der Waals surface area contributed by atoms with Crippen molar-refractivity contribution in [1.82, 2.24) is 0 Å². The molecule has 0 aromatic heterocycles. The van der Waals surface area contributed by atoms with Gasteiger partial charge in [-0.2, -0.15) is 0 Å². The van der Waals surface area contributed by atoms with Gasteiger partial charge >= 0.3 is 17.9 Å². The molecule has 0 unspecified atom stereocenters. The van der Waals surface area contributed by atoms with Crippen molar-refractivity contribution in [2.24, 2.45) is 0 Å². The van der Waals surface area contributed by atoms with E-state index in [2.05, 4.69) is 81.5 Å². The lowest BCUT2D eigenvalue weighted by molar-refractivity contribution is -0.167. The summed E-state index contributed by atoms with van der Waals surface area (Å²) in [4.78, 5) is 38.1. The van der Waals surface area contributed by atoms with E-state index in [0.29, 0.717) is 19.3 Å². The minimum absolute atomic E-state index is 0.0805. The molecule has 0 aromatic carbocycles. The zero-order chi connectivity index (χ0) is 47.9. The summed E-state index contributed by atoms with van der Waals surface area (Å²) < 4.78 is 16.8. The van der Waals surface area contributed by atoms with E-state index in [0.717, 1.165) is 96.3 Å². The summed E-state index contributed by atoms with van der Waals surface area (Å²) in [5.41, 5.74) is 0. The Bertz CT molecular complexity index is 1200. The van der Waals surface area contributed by atoms with Gasteiger partial charge in [0.2, 0.25) is 0 Å². The first-order chi connectivity index (χ1) is 32.5. The van der Waals surface area contributed by atoms with E-state index in [4.69, 9.17) is 14.2 Å². The highest BCUT2D eigenvalue weighted by molar-refractivity contribution is 5.71. The Morgan fingerprint density at radius 1 is 0.318 bits per heavy atom. The molecule has 0 aromatic rings. The van der Waals surface area contributed by atoms with Crippen molar-refractivity contribution in [2.75, 3.05) is 13.2 Å². The van der Waals surface area contributed by atoms with Crippen LogP contribution in [-0.2, 0) is 28.6 Å². The molecule has 1 atom stereocenters. The largest absolute Gasteiger partial charge is 0.462 e. The lowest BCUT2D eigenvalue weighted by Gasteiger charge is -2.18. The van der Waals surface area contributed by atoms with E-state index >= 15 is 0 Å². The van der Waals surface area contributed by atoms with Crippen LogP contribution < -0.4 is 0 Å². The summed E-state index contributed by atoms with van der Waals surface area (Å²) >= 11 is 0. The van der Waals surface area contributed by atoms with Gasteiger partial charge in [0.05, 0.1) is 0 Å². The lowest BCUT2D eigenvalue weighted by atomic mass is 10.0. The molecule has 0 amide bonds. The number of rotatable bonds is 51. The van der Waals surface area contributed by atoms with Crippen molar-refractivity contribution >= 4 is 17.9 Å². The third-order valence-electron chi connectivity index (χ3n) is 12.3. The van der Waals surface area contributed by atoms with Gasteiger partial charge in [-0.1, -0.05) is 242 Å². The molecule has 0 heterocycles. The Kier molecular flexibility index (Phi) is 52.3. The van der Waals surface area contributed by atoms with Crippen molar-refractivity contribution in [1.29, 1.82) is 0 Å². The van der Waals surface area contributed by atoms with E-state index in [1.807, 2.05) is 0 Å². The van der Waals surface area contributed by atoms with Gasteiger partial charge in [0, 0.05) is 19.3 Å².